The van der Waals surface area contributed by atoms with Gasteiger partial charge < -0.3 is 5.73 Å². The van der Waals surface area contributed by atoms with Crippen molar-refractivity contribution in [3.05, 3.63) is 29.8 Å². The quantitative estimate of drug-likeness (QED) is 0.648. The van der Waals surface area contributed by atoms with Crippen LogP contribution in [-0.4, -0.2) is 11.0 Å². The molecule has 0 aliphatic carbocycles. The fourth-order valence-corrected chi connectivity index (χ4v) is 0.918. The number of aromatic nitrogens is 1. The average molecular weight is 154 g/mol. The highest BCUT2D eigenvalue weighted by Gasteiger charge is 2.03. The van der Waals surface area contributed by atoms with Crippen molar-refractivity contribution in [2.24, 2.45) is 5.73 Å². The molecular formula is C8H11FN2. The molecule has 11 heavy (non-hydrogen) atoms. The fourth-order valence-electron chi connectivity index (χ4n) is 0.918. The van der Waals surface area contributed by atoms with Gasteiger partial charge in [0.1, 0.15) is 0 Å². The number of pyridine rings is 1. The second kappa shape index (κ2) is 3.44. The normalized spacial score (nSPS) is 13.0. The van der Waals surface area contributed by atoms with Crippen LogP contribution in [0.3, 0.4) is 0 Å². The van der Waals surface area contributed by atoms with Crippen molar-refractivity contribution in [3.8, 4) is 0 Å². The molecule has 1 heterocycles. The molecule has 1 rings (SSSR count). The largest absolute Gasteiger partial charge is 0.328 e. The zero-order valence-corrected chi connectivity index (χ0v) is 6.42. The zero-order valence-electron chi connectivity index (χ0n) is 6.42. The van der Waals surface area contributed by atoms with E-state index in [0.717, 1.165) is 0 Å². The molecule has 1 aromatic heterocycles. The first kappa shape index (κ1) is 8.14. The lowest BCUT2D eigenvalue weighted by molar-refractivity contribution is 0.556. The maximum Gasteiger partial charge on any atom is 0.216 e. The highest BCUT2D eigenvalue weighted by atomic mass is 19.1. The lowest BCUT2D eigenvalue weighted by Crippen LogP contribution is -2.18. The molecule has 0 unspecified atom stereocenters. The van der Waals surface area contributed by atoms with Crippen LogP contribution in [0.5, 0.6) is 0 Å². The summed E-state index contributed by atoms with van der Waals surface area (Å²) in [5, 5.41) is 0. The average Bonchev–Trinajstić information content (AvgIpc) is 1.93. The zero-order chi connectivity index (χ0) is 8.27. The summed E-state index contributed by atoms with van der Waals surface area (Å²) in [5.74, 6) is -0.412. The summed E-state index contributed by atoms with van der Waals surface area (Å²) in [4.78, 5) is 3.51. The van der Waals surface area contributed by atoms with Crippen LogP contribution >= 0.6 is 0 Å². The lowest BCUT2D eigenvalue weighted by atomic mass is 10.1. The lowest BCUT2D eigenvalue weighted by Gasteiger charge is -2.04. The van der Waals surface area contributed by atoms with Gasteiger partial charge in [0, 0.05) is 17.8 Å². The van der Waals surface area contributed by atoms with E-state index in [0.29, 0.717) is 12.0 Å². The summed E-state index contributed by atoms with van der Waals surface area (Å²) in [6, 6.07) is 3.39. The van der Waals surface area contributed by atoms with Crippen molar-refractivity contribution in [1.29, 1.82) is 0 Å². The third-order valence-corrected chi connectivity index (χ3v) is 1.38. The van der Waals surface area contributed by atoms with E-state index in [9.17, 15) is 4.39 Å². The van der Waals surface area contributed by atoms with E-state index in [2.05, 4.69) is 4.98 Å². The molecule has 3 heteroatoms. The number of nitrogens with two attached hydrogens (primary N) is 1. The van der Waals surface area contributed by atoms with Gasteiger partial charge in [-0.1, -0.05) is 6.07 Å². The van der Waals surface area contributed by atoms with Gasteiger partial charge in [0.25, 0.3) is 0 Å². The van der Waals surface area contributed by atoms with Crippen molar-refractivity contribution >= 4 is 0 Å². The first-order valence-corrected chi connectivity index (χ1v) is 3.55. The summed E-state index contributed by atoms with van der Waals surface area (Å²) in [6.45, 7) is 1.84. The molecule has 0 fully saturated rings. The van der Waals surface area contributed by atoms with Crippen molar-refractivity contribution < 1.29 is 4.39 Å². The maximum atomic E-state index is 12.8. The molecule has 0 amide bonds. The minimum Gasteiger partial charge on any atom is -0.328 e. The van der Waals surface area contributed by atoms with Crippen LogP contribution in [0.4, 0.5) is 4.39 Å². The number of hydrogen-bond acceptors (Lipinski definition) is 2. The minimum absolute atomic E-state index is 0.0197. The molecule has 0 saturated carbocycles. The predicted molar refractivity (Wildman–Crippen MR) is 41.5 cm³/mol. The Morgan fingerprint density at radius 2 is 2.45 bits per heavy atom. The molecule has 1 aromatic rings. The van der Waals surface area contributed by atoms with E-state index in [-0.39, 0.29) is 6.04 Å². The summed E-state index contributed by atoms with van der Waals surface area (Å²) < 4.78 is 12.8. The summed E-state index contributed by atoms with van der Waals surface area (Å²) >= 11 is 0. The van der Waals surface area contributed by atoms with Crippen molar-refractivity contribution in [2.45, 2.75) is 19.4 Å². The van der Waals surface area contributed by atoms with Crippen LogP contribution in [0.1, 0.15) is 12.5 Å². The van der Waals surface area contributed by atoms with Crippen LogP contribution in [0, 0.1) is 5.95 Å². The Morgan fingerprint density at radius 3 is 3.00 bits per heavy atom. The first-order chi connectivity index (χ1) is 5.20. The van der Waals surface area contributed by atoms with Gasteiger partial charge in [0.15, 0.2) is 0 Å². The number of rotatable bonds is 2. The third-order valence-electron chi connectivity index (χ3n) is 1.38. The third kappa shape index (κ3) is 2.27. The van der Waals surface area contributed by atoms with Gasteiger partial charge in [-0.3, -0.25) is 0 Å². The molecular weight excluding hydrogens is 143 g/mol. The molecule has 2 nitrogen and oxygen atoms in total. The van der Waals surface area contributed by atoms with Crippen LogP contribution in [0.15, 0.2) is 18.3 Å². The van der Waals surface area contributed by atoms with Gasteiger partial charge in [-0.05, 0) is 19.4 Å². The minimum atomic E-state index is -0.412. The van der Waals surface area contributed by atoms with Crippen LogP contribution < -0.4 is 5.73 Å². The monoisotopic (exact) mass is 154 g/mol. The smallest absolute Gasteiger partial charge is 0.216 e. The molecule has 0 radical (unpaired) electrons. The van der Waals surface area contributed by atoms with E-state index in [1.807, 2.05) is 6.92 Å². The molecule has 0 aliphatic heterocycles. The van der Waals surface area contributed by atoms with E-state index in [4.69, 9.17) is 5.73 Å². The SMILES string of the molecule is C[C@H](N)Cc1cccnc1F. The van der Waals surface area contributed by atoms with E-state index < -0.39 is 5.95 Å². The topological polar surface area (TPSA) is 38.9 Å². The first-order valence-electron chi connectivity index (χ1n) is 3.55. The second-order valence-electron chi connectivity index (χ2n) is 2.63. The number of nitrogens with zero attached hydrogens (tertiary/aromatic N) is 1. The van der Waals surface area contributed by atoms with Gasteiger partial charge in [-0.15, -0.1) is 0 Å². The molecule has 0 aromatic carbocycles. The van der Waals surface area contributed by atoms with Gasteiger partial charge in [0.2, 0.25) is 5.95 Å². The fraction of sp³-hybridized carbons (Fsp3) is 0.375. The summed E-state index contributed by atoms with van der Waals surface area (Å²) in [6.07, 6.45) is 1.97. The van der Waals surface area contributed by atoms with Gasteiger partial charge in [-0.2, -0.15) is 4.39 Å². The van der Waals surface area contributed by atoms with Gasteiger partial charge >= 0.3 is 0 Å². The second-order valence-corrected chi connectivity index (χ2v) is 2.63. The Morgan fingerprint density at radius 1 is 1.73 bits per heavy atom. The molecule has 0 aliphatic rings. The summed E-state index contributed by atoms with van der Waals surface area (Å²) in [7, 11) is 0. The maximum absolute atomic E-state index is 12.8. The highest BCUT2D eigenvalue weighted by molar-refractivity contribution is 5.11. The molecule has 1 atom stereocenters. The molecule has 0 bridgehead atoms. The van der Waals surface area contributed by atoms with Gasteiger partial charge in [0.05, 0.1) is 0 Å². The number of halogens is 1. The highest BCUT2D eigenvalue weighted by Crippen LogP contribution is 2.04. The molecule has 60 valence electrons. The Bertz CT molecular complexity index is 235. The summed E-state index contributed by atoms with van der Waals surface area (Å²) in [5.41, 5.74) is 6.08. The van der Waals surface area contributed by atoms with Crippen LogP contribution in [0.2, 0.25) is 0 Å². The van der Waals surface area contributed by atoms with Crippen molar-refractivity contribution in [3.63, 3.8) is 0 Å². The van der Waals surface area contributed by atoms with E-state index >= 15 is 0 Å². The Balaban J connectivity index is 2.78. The molecule has 0 spiro atoms. The Kier molecular flexibility index (Phi) is 2.54. The van der Waals surface area contributed by atoms with E-state index in [1.165, 1.54) is 6.20 Å². The van der Waals surface area contributed by atoms with Crippen LogP contribution in [0.25, 0.3) is 0 Å². The van der Waals surface area contributed by atoms with Crippen molar-refractivity contribution in [2.75, 3.05) is 0 Å². The van der Waals surface area contributed by atoms with Crippen LogP contribution in [-0.2, 0) is 6.42 Å². The molecule has 2 N–H and O–H groups in total. The van der Waals surface area contributed by atoms with Crippen molar-refractivity contribution in [1.82, 2.24) is 4.98 Å². The Labute approximate surface area is 65.3 Å². The van der Waals surface area contributed by atoms with Gasteiger partial charge in [-0.25, -0.2) is 4.98 Å². The standard InChI is InChI=1S/C8H11FN2/c1-6(10)5-7-3-2-4-11-8(7)9/h2-4,6H,5,10H2,1H3/t6-/m0/s1. The number of hydrogen-bond donors (Lipinski definition) is 1. The molecule has 0 saturated heterocycles. The predicted octanol–water partition coefficient (Wildman–Crippen LogP) is 1.11. The Hall–Kier alpha value is -0.960. The van der Waals surface area contributed by atoms with E-state index in [1.54, 1.807) is 12.1 Å².